The van der Waals surface area contributed by atoms with E-state index >= 15 is 0 Å². The van der Waals surface area contributed by atoms with Gasteiger partial charge in [-0.3, -0.25) is 4.68 Å². The molecule has 0 bridgehead atoms. The third-order valence-electron chi connectivity index (χ3n) is 2.91. The molecular weight excluding hydrogens is 297 g/mol. The van der Waals surface area contributed by atoms with Crippen LogP contribution < -0.4 is 5.32 Å². The van der Waals surface area contributed by atoms with Crippen LogP contribution in [-0.4, -0.2) is 9.78 Å². The summed E-state index contributed by atoms with van der Waals surface area (Å²) in [4.78, 5) is 0. The Morgan fingerprint density at radius 2 is 2.22 bits per heavy atom. The zero-order valence-electron chi connectivity index (χ0n) is 10.3. The molecule has 0 saturated carbocycles. The summed E-state index contributed by atoms with van der Waals surface area (Å²) in [5.74, 6) is -0.192. The molecule has 5 heteroatoms. The second-order valence-corrected chi connectivity index (χ2v) is 5.13. The van der Waals surface area contributed by atoms with Gasteiger partial charge in [0.25, 0.3) is 0 Å². The van der Waals surface area contributed by atoms with E-state index in [-0.39, 0.29) is 11.9 Å². The maximum atomic E-state index is 13.6. The van der Waals surface area contributed by atoms with Crippen LogP contribution in [0.1, 0.15) is 24.2 Å². The van der Waals surface area contributed by atoms with E-state index in [9.17, 15) is 4.39 Å². The van der Waals surface area contributed by atoms with Gasteiger partial charge in [0, 0.05) is 35.9 Å². The number of hydrogen-bond acceptors (Lipinski definition) is 2. The van der Waals surface area contributed by atoms with Crippen LogP contribution in [0.4, 0.5) is 4.39 Å². The first-order valence-electron chi connectivity index (χ1n) is 5.73. The van der Waals surface area contributed by atoms with Crippen LogP contribution in [0.15, 0.2) is 34.9 Å². The highest BCUT2D eigenvalue weighted by atomic mass is 79.9. The van der Waals surface area contributed by atoms with Gasteiger partial charge in [0.1, 0.15) is 5.82 Å². The van der Waals surface area contributed by atoms with E-state index in [0.717, 1.165) is 10.2 Å². The van der Waals surface area contributed by atoms with E-state index in [0.29, 0.717) is 12.1 Å². The van der Waals surface area contributed by atoms with Gasteiger partial charge in [-0.2, -0.15) is 5.10 Å². The molecule has 0 aliphatic rings. The lowest BCUT2D eigenvalue weighted by atomic mass is 10.2. The van der Waals surface area contributed by atoms with Crippen LogP contribution in [-0.2, 0) is 13.6 Å². The normalized spacial score (nSPS) is 12.7. The van der Waals surface area contributed by atoms with Crippen LogP contribution in [0, 0.1) is 5.82 Å². The Bertz CT molecular complexity index is 539. The van der Waals surface area contributed by atoms with Crippen molar-refractivity contribution in [1.29, 1.82) is 0 Å². The zero-order chi connectivity index (χ0) is 13.1. The summed E-state index contributed by atoms with van der Waals surface area (Å²) in [7, 11) is 1.90. The molecule has 0 amide bonds. The molecule has 0 spiro atoms. The predicted molar refractivity (Wildman–Crippen MR) is 72.6 cm³/mol. The lowest BCUT2D eigenvalue weighted by molar-refractivity contribution is 0.514. The van der Waals surface area contributed by atoms with Gasteiger partial charge in [-0.1, -0.05) is 15.9 Å². The minimum atomic E-state index is -0.192. The summed E-state index contributed by atoms with van der Waals surface area (Å²) < 4.78 is 16.3. The Balaban J connectivity index is 2.03. The van der Waals surface area contributed by atoms with Gasteiger partial charge in [0.2, 0.25) is 0 Å². The Hall–Kier alpha value is -1.20. The van der Waals surface area contributed by atoms with Crippen LogP contribution >= 0.6 is 15.9 Å². The summed E-state index contributed by atoms with van der Waals surface area (Å²) in [5.41, 5.74) is 1.73. The minimum absolute atomic E-state index is 0.121. The average Bonchev–Trinajstić information content (AvgIpc) is 2.76. The van der Waals surface area contributed by atoms with Gasteiger partial charge in [-0.15, -0.1) is 0 Å². The van der Waals surface area contributed by atoms with Crippen molar-refractivity contribution in [3.63, 3.8) is 0 Å². The van der Waals surface area contributed by atoms with Crippen molar-refractivity contribution in [2.24, 2.45) is 7.05 Å². The smallest absolute Gasteiger partial charge is 0.127 e. The monoisotopic (exact) mass is 311 g/mol. The molecule has 0 aliphatic heterocycles. The van der Waals surface area contributed by atoms with Crippen LogP contribution in [0.3, 0.4) is 0 Å². The first-order chi connectivity index (χ1) is 8.58. The number of aromatic nitrogens is 2. The fraction of sp³-hybridized carbons (Fsp3) is 0.308. The highest BCUT2D eigenvalue weighted by Crippen LogP contribution is 2.17. The fourth-order valence-corrected chi connectivity index (χ4v) is 2.26. The van der Waals surface area contributed by atoms with E-state index in [4.69, 9.17) is 0 Å². The molecule has 96 valence electrons. The van der Waals surface area contributed by atoms with Gasteiger partial charge in [0.15, 0.2) is 0 Å². The number of aryl methyl sites for hydroxylation is 1. The van der Waals surface area contributed by atoms with Crippen molar-refractivity contribution in [3.8, 4) is 0 Å². The quantitative estimate of drug-likeness (QED) is 0.940. The third kappa shape index (κ3) is 2.97. The Morgan fingerprint density at radius 1 is 1.44 bits per heavy atom. The molecule has 0 saturated heterocycles. The molecule has 0 aliphatic carbocycles. The molecule has 18 heavy (non-hydrogen) atoms. The average molecular weight is 312 g/mol. The zero-order valence-corrected chi connectivity index (χ0v) is 11.9. The first kappa shape index (κ1) is 13.2. The molecule has 0 fully saturated rings. The standard InChI is InChI=1S/C13H15BrFN3/c1-9(13-5-6-17-18(13)2)16-8-10-7-11(14)3-4-12(10)15/h3-7,9,16H,8H2,1-2H3. The summed E-state index contributed by atoms with van der Waals surface area (Å²) in [6.45, 7) is 2.52. The van der Waals surface area contributed by atoms with Gasteiger partial charge in [0.05, 0.1) is 5.69 Å². The van der Waals surface area contributed by atoms with Crippen LogP contribution in [0.2, 0.25) is 0 Å². The second kappa shape index (κ2) is 5.63. The largest absolute Gasteiger partial charge is 0.305 e. The van der Waals surface area contributed by atoms with Crippen molar-refractivity contribution in [3.05, 3.63) is 52.0 Å². The van der Waals surface area contributed by atoms with Crippen molar-refractivity contribution < 1.29 is 4.39 Å². The van der Waals surface area contributed by atoms with Gasteiger partial charge in [-0.05, 0) is 31.2 Å². The van der Waals surface area contributed by atoms with Crippen molar-refractivity contribution in [2.75, 3.05) is 0 Å². The molecular formula is C13H15BrFN3. The molecule has 0 radical (unpaired) electrons. The SMILES string of the molecule is CC(NCc1cc(Br)ccc1F)c1ccnn1C. The molecule has 1 N–H and O–H groups in total. The molecule has 1 unspecified atom stereocenters. The van der Waals surface area contributed by atoms with E-state index in [1.54, 1.807) is 18.3 Å². The highest BCUT2D eigenvalue weighted by molar-refractivity contribution is 9.10. The number of halogens is 2. The summed E-state index contributed by atoms with van der Waals surface area (Å²) >= 11 is 3.35. The fourth-order valence-electron chi connectivity index (χ4n) is 1.86. The van der Waals surface area contributed by atoms with Gasteiger partial charge >= 0.3 is 0 Å². The molecule has 1 aromatic heterocycles. The number of rotatable bonds is 4. The minimum Gasteiger partial charge on any atom is -0.305 e. The van der Waals surface area contributed by atoms with Crippen molar-refractivity contribution in [1.82, 2.24) is 15.1 Å². The summed E-state index contributed by atoms with van der Waals surface area (Å²) in [6, 6.07) is 7.03. The maximum absolute atomic E-state index is 13.6. The van der Waals surface area contributed by atoms with Gasteiger partial charge < -0.3 is 5.32 Å². The molecule has 1 heterocycles. The Kier molecular flexibility index (Phi) is 4.14. The summed E-state index contributed by atoms with van der Waals surface area (Å²) in [6.07, 6.45) is 1.76. The second-order valence-electron chi connectivity index (χ2n) is 4.22. The van der Waals surface area contributed by atoms with Crippen molar-refractivity contribution >= 4 is 15.9 Å². The van der Waals surface area contributed by atoms with E-state index in [1.807, 2.05) is 24.7 Å². The number of hydrogen-bond donors (Lipinski definition) is 1. The lowest BCUT2D eigenvalue weighted by Gasteiger charge is -2.14. The predicted octanol–water partition coefficient (Wildman–Crippen LogP) is 3.17. The molecule has 1 aromatic carbocycles. The molecule has 2 aromatic rings. The Labute approximate surface area is 114 Å². The van der Waals surface area contributed by atoms with E-state index in [2.05, 4.69) is 26.3 Å². The maximum Gasteiger partial charge on any atom is 0.127 e. The molecule has 2 rings (SSSR count). The number of nitrogens with zero attached hydrogens (tertiary/aromatic N) is 2. The number of nitrogens with one attached hydrogen (secondary N) is 1. The van der Waals surface area contributed by atoms with E-state index < -0.39 is 0 Å². The number of benzene rings is 1. The topological polar surface area (TPSA) is 29.9 Å². The Morgan fingerprint density at radius 3 is 2.89 bits per heavy atom. The van der Waals surface area contributed by atoms with Crippen LogP contribution in [0.25, 0.3) is 0 Å². The van der Waals surface area contributed by atoms with Crippen molar-refractivity contribution in [2.45, 2.75) is 19.5 Å². The summed E-state index contributed by atoms with van der Waals surface area (Å²) in [5, 5.41) is 7.41. The highest BCUT2D eigenvalue weighted by Gasteiger charge is 2.10. The van der Waals surface area contributed by atoms with E-state index in [1.165, 1.54) is 6.07 Å². The first-order valence-corrected chi connectivity index (χ1v) is 6.52. The molecule has 1 atom stereocenters. The lowest BCUT2D eigenvalue weighted by Crippen LogP contribution is -2.21. The third-order valence-corrected chi connectivity index (χ3v) is 3.40. The van der Waals surface area contributed by atoms with Crippen LogP contribution in [0.5, 0.6) is 0 Å². The molecule has 3 nitrogen and oxygen atoms in total. The van der Waals surface area contributed by atoms with Gasteiger partial charge in [-0.25, -0.2) is 4.39 Å².